The van der Waals surface area contributed by atoms with Gasteiger partial charge in [-0.1, -0.05) is 18.6 Å². The highest BCUT2D eigenvalue weighted by molar-refractivity contribution is 5.36. The van der Waals surface area contributed by atoms with Crippen molar-refractivity contribution in [2.75, 3.05) is 0 Å². The summed E-state index contributed by atoms with van der Waals surface area (Å²) in [7, 11) is 0. The van der Waals surface area contributed by atoms with Crippen LogP contribution in [0.25, 0.3) is 5.69 Å². The van der Waals surface area contributed by atoms with E-state index in [4.69, 9.17) is 9.47 Å². The van der Waals surface area contributed by atoms with Crippen LogP contribution in [0.3, 0.4) is 0 Å². The molecule has 1 aliphatic rings. The van der Waals surface area contributed by atoms with Gasteiger partial charge in [0.15, 0.2) is 0 Å². The second kappa shape index (κ2) is 7.49. The van der Waals surface area contributed by atoms with Gasteiger partial charge in [0.1, 0.15) is 24.1 Å². The Kier molecular flexibility index (Phi) is 5.33. The Morgan fingerprint density at radius 3 is 2.44 bits per heavy atom. The Morgan fingerprint density at radius 2 is 1.84 bits per heavy atom. The van der Waals surface area contributed by atoms with Crippen molar-refractivity contribution in [2.24, 2.45) is 0 Å². The topological polar surface area (TPSA) is 110 Å². The molecule has 0 radical (unpaired) electrons. The number of aliphatic hydroxyl groups is 3. The summed E-state index contributed by atoms with van der Waals surface area (Å²) in [6.45, 7) is 3.81. The van der Waals surface area contributed by atoms with Gasteiger partial charge < -0.3 is 24.8 Å². The standard InChI is InChI=1S/C17H23N3O5/c1-3-4-13-14(21)15(22)16(23)17(25-13)24-12-7-5-11(6-8-12)20-9-10(2)18-19-20/h5-9,13-17,21-23H,3-4H2,1-2H3/t13-,14-,15+,16+,17+/m1/s1. The number of hydrogen-bond donors (Lipinski definition) is 3. The Bertz CT molecular complexity index is 690. The van der Waals surface area contributed by atoms with E-state index in [-0.39, 0.29) is 0 Å². The van der Waals surface area contributed by atoms with Crippen LogP contribution in [0.2, 0.25) is 0 Å². The van der Waals surface area contributed by atoms with Crippen LogP contribution >= 0.6 is 0 Å². The first kappa shape index (κ1) is 17.8. The maximum Gasteiger partial charge on any atom is 0.229 e. The fourth-order valence-corrected chi connectivity index (χ4v) is 2.82. The van der Waals surface area contributed by atoms with Crippen LogP contribution in [-0.2, 0) is 4.74 Å². The van der Waals surface area contributed by atoms with E-state index in [0.717, 1.165) is 17.8 Å². The molecule has 8 heteroatoms. The van der Waals surface area contributed by atoms with Crippen molar-refractivity contribution in [3.8, 4) is 11.4 Å². The van der Waals surface area contributed by atoms with E-state index in [9.17, 15) is 15.3 Å². The third-order valence-corrected chi connectivity index (χ3v) is 4.20. The van der Waals surface area contributed by atoms with Crippen molar-refractivity contribution in [1.29, 1.82) is 0 Å². The SMILES string of the molecule is CCC[C@H]1O[C@H](Oc2ccc(-n3cc(C)nn3)cc2)[C@@H](O)[C@@H](O)[C@@H]1O. The summed E-state index contributed by atoms with van der Waals surface area (Å²) in [5.74, 6) is 0.475. The first-order valence-electron chi connectivity index (χ1n) is 8.35. The second-order valence-electron chi connectivity index (χ2n) is 6.22. The summed E-state index contributed by atoms with van der Waals surface area (Å²) < 4.78 is 12.9. The van der Waals surface area contributed by atoms with Crippen molar-refractivity contribution < 1.29 is 24.8 Å². The summed E-state index contributed by atoms with van der Waals surface area (Å²) in [6, 6.07) is 7.03. The lowest BCUT2D eigenvalue weighted by Gasteiger charge is -2.40. The van der Waals surface area contributed by atoms with E-state index in [2.05, 4.69) is 10.3 Å². The normalized spacial score (nSPS) is 29.6. The lowest BCUT2D eigenvalue weighted by atomic mass is 9.96. The minimum atomic E-state index is -1.33. The molecular formula is C17H23N3O5. The highest BCUT2D eigenvalue weighted by Gasteiger charge is 2.44. The number of aryl methyl sites for hydroxylation is 1. The van der Waals surface area contributed by atoms with Gasteiger partial charge in [0.25, 0.3) is 0 Å². The van der Waals surface area contributed by atoms with Gasteiger partial charge >= 0.3 is 0 Å². The lowest BCUT2D eigenvalue weighted by Crippen LogP contribution is -2.59. The predicted octanol–water partition coefficient (Wildman–Crippen LogP) is 0.562. The fraction of sp³-hybridized carbons (Fsp3) is 0.529. The zero-order valence-corrected chi connectivity index (χ0v) is 14.2. The van der Waals surface area contributed by atoms with Gasteiger partial charge in [0, 0.05) is 0 Å². The van der Waals surface area contributed by atoms with Gasteiger partial charge in [-0.05, 0) is 37.6 Å². The lowest BCUT2D eigenvalue weighted by molar-refractivity contribution is -0.273. The highest BCUT2D eigenvalue weighted by atomic mass is 16.7. The molecule has 0 spiro atoms. The molecule has 136 valence electrons. The van der Waals surface area contributed by atoms with Crippen molar-refractivity contribution in [2.45, 2.75) is 57.4 Å². The van der Waals surface area contributed by atoms with Crippen molar-refractivity contribution in [1.82, 2.24) is 15.0 Å². The maximum absolute atomic E-state index is 10.1. The molecule has 0 unspecified atom stereocenters. The van der Waals surface area contributed by atoms with E-state index in [1.165, 1.54) is 0 Å². The molecule has 0 aliphatic carbocycles. The Hall–Kier alpha value is -2.00. The number of aliphatic hydroxyl groups excluding tert-OH is 3. The molecule has 5 atom stereocenters. The van der Waals surface area contributed by atoms with E-state index in [1.807, 2.05) is 13.8 Å². The molecule has 1 aliphatic heterocycles. The van der Waals surface area contributed by atoms with E-state index in [1.54, 1.807) is 35.1 Å². The molecule has 1 fully saturated rings. The number of rotatable bonds is 5. The van der Waals surface area contributed by atoms with Crippen molar-refractivity contribution >= 4 is 0 Å². The Balaban J connectivity index is 1.70. The van der Waals surface area contributed by atoms with E-state index in [0.29, 0.717) is 12.2 Å². The number of aromatic nitrogens is 3. The smallest absolute Gasteiger partial charge is 0.229 e. The molecule has 25 heavy (non-hydrogen) atoms. The molecule has 0 amide bonds. The van der Waals surface area contributed by atoms with Crippen LogP contribution in [0.5, 0.6) is 5.75 Å². The van der Waals surface area contributed by atoms with Crippen molar-refractivity contribution in [3.63, 3.8) is 0 Å². The first-order valence-corrected chi connectivity index (χ1v) is 8.35. The van der Waals surface area contributed by atoms with Gasteiger partial charge in [-0.15, -0.1) is 5.10 Å². The van der Waals surface area contributed by atoms with E-state index < -0.39 is 30.7 Å². The minimum Gasteiger partial charge on any atom is -0.462 e. The highest BCUT2D eigenvalue weighted by Crippen LogP contribution is 2.26. The molecule has 1 aromatic heterocycles. The zero-order valence-electron chi connectivity index (χ0n) is 14.2. The van der Waals surface area contributed by atoms with Gasteiger partial charge in [0.2, 0.25) is 6.29 Å². The van der Waals surface area contributed by atoms with E-state index >= 15 is 0 Å². The van der Waals surface area contributed by atoms with Crippen LogP contribution in [0.4, 0.5) is 0 Å². The summed E-state index contributed by atoms with van der Waals surface area (Å²) in [5, 5.41) is 38.0. The molecule has 1 aromatic carbocycles. The van der Waals surface area contributed by atoms with Crippen molar-refractivity contribution in [3.05, 3.63) is 36.2 Å². The third kappa shape index (κ3) is 3.82. The number of hydrogen-bond acceptors (Lipinski definition) is 7. The van der Waals surface area contributed by atoms with Gasteiger partial charge in [0.05, 0.1) is 23.7 Å². The van der Waals surface area contributed by atoms with Gasteiger partial charge in [-0.2, -0.15) is 0 Å². The third-order valence-electron chi connectivity index (χ3n) is 4.20. The minimum absolute atomic E-state index is 0.475. The maximum atomic E-state index is 10.1. The van der Waals surface area contributed by atoms with Crippen LogP contribution in [0.15, 0.2) is 30.5 Å². The molecule has 3 rings (SSSR count). The monoisotopic (exact) mass is 349 g/mol. The number of nitrogens with zero attached hydrogens (tertiary/aromatic N) is 3. The largest absolute Gasteiger partial charge is 0.462 e. The fourth-order valence-electron chi connectivity index (χ4n) is 2.82. The molecule has 0 saturated carbocycles. The summed E-state index contributed by atoms with van der Waals surface area (Å²) in [4.78, 5) is 0. The molecule has 3 N–H and O–H groups in total. The average molecular weight is 349 g/mol. The second-order valence-corrected chi connectivity index (χ2v) is 6.22. The first-order chi connectivity index (χ1) is 12.0. The number of ether oxygens (including phenoxy) is 2. The molecular weight excluding hydrogens is 326 g/mol. The molecule has 1 saturated heterocycles. The Labute approximate surface area is 145 Å². The molecule has 8 nitrogen and oxygen atoms in total. The Morgan fingerprint density at radius 1 is 1.12 bits per heavy atom. The average Bonchev–Trinajstić information content (AvgIpc) is 3.04. The molecule has 2 aromatic rings. The summed E-state index contributed by atoms with van der Waals surface area (Å²) in [6.07, 6.45) is -2.25. The van der Waals surface area contributed by atoms with Crippen LogP contribution in [0.1, 0.15) is 25.5 Å². The molecule has 0 bridgehead atoms. The van der Waals surface area contributed by atoms with Gasteiger partial charge in [-0.25, -0.2) is 4.68 Å². The van der Waals surface area contributed by atoms with Gasteiger partial charge in [-0.3, -0.25) is 0 Å². The van der Waals surface area contributed by atoms with Crippen LogP contribution in [-0.4, -0.2) is 61.0 Å². The predicted molar refractivity (Wildman–Crippen MR) is 88.3 cm³/mol. The molecule has 2 heterocycles. The quantitative estimate of drug-likeness (QED) is 0.723. The van der Waals surface area contributed by atoms with Crippen LogP contribution < -0.4 is 4.74 Å². The zero-order chi connectivity index (χ0) is 18.0. The van der Waals surface area contributed by atoms with Crippen LogP contribution in [0, 0.1) is 6.92 Å². The summed E-state index contributed by atoms with van der Waals surface area (Å²) >= 11 is 0. The summed E-state index contributed by atoms with van der Waals surface area (Å²) in [5.41, 5.74) is 1.63. The number of benzene rings is 1.